The number of carbonyl (C=O) groups excluding carboxylic acids is 2. The lowest BCUT2D eigenvalue weighted by atomic mass is 9.96. The molecule has 3 aromatic carbocycles. The lowest BCUT2D eigenvalue weighted by molar-refractivity contribution is 0.0818. The standard InChI is InChI=1S/C23H17NO2/c1-24-19-15-9-8-14-18(19)20(21(24)16-10-4-2-5-11-16)23(26)22(25)17-12-6-3-7-13-17/h2-15H,1H3. The van der Waals surface area contributed by atoms with Crippen molar-refractivity contribution in [2.24, 2.45) is 7.05 Å². The molecule has 0 aliphatic heterocycles. The Bertz CT molecular complexity index is 1110. The average Bonchev–Trinajstić information content (AvgIpc) is 3.01. The molecule has 0 saturated heterocycles. The third-order valence-corrected chi connectivity index (χ3v) is 4.62. The molecule has 0 radical (unpaired) electrons. The van der Waals surface area contributed by atoms with Crippen molar-refractivity contribution in [3.63, 3.8) is 0 Å². The van der Waals surface area contributed by atoms with E-state index in [1.54, 1.807) is 24.3 Å². The summed E-state index contributed by atoms with van der Waals surface area (Å²) < 4.78 is 1.98. The predicted octanol–water partition coefficient (Wildman–Crippen LogP) is 4.91. The molecule has 0 atom stereocenters. The van der Waals surface area contributed by atoms with Gasteiger partial charge in [-0.25, -0.2) is 0 Å². The zero-order valence-corrected chi connectivity index (χ0v) is 14.3. The van der Waals surface area contributed by atoms with E-state index in [4.69, 9.17) is 0 Å². The van der Waals surface area contributed by atoms with E-state index >= 15 is 0 Å². The van der Waals surface area contributed by atoms with E-state index in [0.717, 1.165) is 22.2 Å². The first kappa shape index (κ1) is 16.0. The summed E-state index contributed by atoms with van der Waals surface area (Å²) in [7, 11) is 1.93. The molecule has 0 fully saturated rings. The number of hydrogen-bond donors (Lipinski definition) is 0. The summed E-state index contributed by atoms with van der Waals surface area (Å²) in [4.78, 5) is 26.0. The normalized spacial score (nSPS) is 10.8. The number of benzene rings is 3. The number of carbonyl (C=O) groups is 2. The number of fused-ring (bicyclic) bond motifs is 1. The number of nitrogens with zero attached hydrogens (tertiary/aromatic N) is 1. The highest BCUT2D eigenvalue weighted by atomic mass is 16.2. The highest BCUT2D eigenvalue weighted by Crippen LogP contribution is 2.33. The molecule has 0 N–H and O–H groups in total. The molecule has 26 heavy (non-hydrogen) atoms. The summed E-state index contributed by atoms with van der Waals surface area (Å²) in [5, 5.41) is 0.795. The van der Waals surface area contributed by atoms with Crippen LogP contribution in [0.25, 0.3) is 22.2 Å². The van der Waals surface area contributed by atoms with Gasteiger partial charge in [-0.2, -0.15) is 0 Å². The van der Waals surface area contributed by atoms with Crippen molar-refractivity contribution in [3.8, 4) is 11.3 Å². The lowest BCUT2D eigenvalue weighted by Crippen LogP contribution is -2.15. The van der Waals surface area contributed by atoms with Gasteiger partial charge in [0.25, 0.3) is 0 Å². The fraction of sp³-hybridized carbons (Fsp3) is 0.0435. The van der Waals surface area contributed by atoms with Gasteiger partial charge in [-0.05, 0) is 11.6 Å². The van der Waals surface area contributed by atoms with Crippen LogP contribution in [0.5, 0.6) is 0 Å². The number of aryl methyl sites for hydroxylation is 1. The van der Waals surface area contributed by atoms with E-state index in [1.165, 1.54) is 0 Å². The molecule has 1 heterocycles. The second kappa shape index (κ2) is 6.45. The van der Waals surface area contributed by atoms with Crippen LogP contribution in [0.3, 0.4) is 0 Å². The number of Topliss-reactive ketones (excluding diaryl/α,β-unsaturated/α-hetero) is 2. The summed E-state index contributed by atoms with van der Waals surface area (Å²) in [6.07, 6.45) is 0. The van der Waals surface area contributed by atoms with E-state index < -0.39 is 11.6 Å². The van der Waals surface area contributed by atoms with Gasteiger partial charge in [0.1, 0.15) is 0 Å². The van der Waals surface area contributed by atoms with Crippen molar-refractivity contribution in [3.05, 3.63) is 96.1 Å². The Hall–Kier alpha value is -3.46. The molecule has 3 nitrogen and oxygen atoms in total. The summed E-state index contributed by atoms with van der Waals surface area (Å²) in [6.45, 7) is 0. The van der Waals surface area contributed by atoms with Crippen molar-refractivity contribution in [2.45, 2.75) is 0 Å². The highest BCUT2D eigenvalue weighted by Gasteiger charge is 2.27. The minimum absolute atomic E-state index is 0.407. The molecule has 126 valence electrons. The Morgan fingerprint density at radius 3 is 1.96 bits per heavy atom. The molecule has 4 aromatic rings. The smallest absolute Gasteiger partial charge is 0.236 e. The van der Waals surface area contributed by atoms with Crippen LogP contribution in [0.4, 0.5) is 0 Å². The number of para-hydroxylation sites is 1. The largest absolute Gasteiger partial charge is 0.343 e. The van der Waals surface area contributed by atoms with Crippen molar-refractivity contribution < 1.29 is 9.59 Å². The van der Waals surface area contributed by atoms with Crippen molar-refractivity contribution in [1.82, 2.24) is 4.57 Å². The Kier molecular flexibility index (Phi) is 3.98. The molecule has 0 aliphatic carbocycles. The monoisotopic (exact) mass is 339 g/mol. The SMILES string of the molecule is Cn1c(-c2ccccc2)c(C(=O)C(=O)c2ccccc2)c2ccccc21. The number of rotatable bonds is 4. The molecule has 0 spiro atoms. The molecule has 0 unspecified atom stereocenters. The highest BCUT2D eigenvalue weighted by molar-refractivity contribution is 6.52. The van der Waals surface area contributed by atoms with Gasteiger partial charge in [0.15, 0.2) is 0 Å². The second-order valence-corrected chi connectivity index (χ2v) is 6.19. The Labute approximate surface area is 151 Å². The van der Waals surface area contributed by atoms with Gasteiger partial charge in [0.2, 0.25) is 11.6 Å². The maximum absolute atomic E-state index is 13.2. The summed E-state index contributed by atoms with van der Waals surface area (Å²) in [6, 6.07) is 26.1. The molecule has 4 rings (SSSR count). The van der Waals surface area contributed by atoms with Crippen LogP contribution in [0.15, 0.2) is 84.9 Å². The minimum atomic E-state index is -0.487. The maximum atomic E-state index is 13.2. The van der Waals surface area contributed by atoms with Gasteiger partial charge in [0.05, 0.1) is 11.3 Å². The predicted molar refractivity (Wildman–Crippen MR) is 103 cm³/mol. The third-order valence-electron chi connectivity index (χ3n) is 4.62. The van der Waals surface area contributed by atoms with Crippen LogP contribution in [-0.2, 0) is 7.05 Å². The van der Waals surface area contributed by atoms with Crippen LogP contribution in [-0.4, -0.2) is 16.1 Å². The van der Waals surface area contributed by atoms with Crippen molar-refractivity contribution in [2.75, 3.05) is 0 Å². The first-order valence-electron chi connectivity index (χ1n) is 8.45. The number of ketones is 2. The second-order valence-electron chi connectivity index (χ2n) is 6.19. The van der Waals surface area contributed by atoms with Crippen LogP contribution < -0.4 is 0 Å². The van der Waals surface area contributed by atoms with E-state index in [2.05, 4.69) is 0 Å². The minimum Gasteiger partial charge on any atom is -0.343 e. The van der Waals surface area contributed by atoms with Crippen LogP contribution in [0, 0.1) is 0 Å². The molecular formula is C23H17NO2. The Morgan fingerprint density at radius 1 is 0.692 bits per heavy atom. The molecule has 0 bridgehead atoms. The van der Waals surface area contributed by atoms with Crippen molar-refractivity contribution >= 4 is 22.5 Å². The van der Waals surface area contributed by atoms with E-state index in [9.17, 15) is 9.59 Å². The molecule has 0 saturated carbocycles. The zero-order valence-electron chi connectivity index (χ0n) is 14.3. The van der Waals surface area contributed by atoms with Gasteiger partial charge >= 0.3 is 0 Å². The lowest BCUT2D eigenvalue weighted by Gasteiger charge is -2.08. The Morgan fingerprint density at radius 2 is 1.27 bits per heavy atom. The average molecular weight is 339 g/mol. The summed E-state index contributed by atoms with van der Waals surface area (Å²) in [5.41, 5.74) is 3.47. The van der Waals surface area contributed by atoms with E-state index in [0.29, 0.717) is 11.1 Å². The van der Waals surface area contributed by atoms with Crippen molar-refractivity contribution in [1.29, 1.82) is 0 Å². The maximum Gasteiger partial charge on any atom is 0.236 e. The quantitative estimate of drug-likeness (QED) is 0.391. The number of aromatic nitrogens is 1. The molecular weight excluding hydrogens is 322 g/mol. The van der Waals surface area contributed by atoms with Gasteiger partial charge in [-0.3, -0.25) is 9.59 Å². The molecule has 3 heteroatoms. The number of hydrogen-bond acceptors (Lipinski definition) is 2. The van der Waals surface area contributed by atoms with Crippen LogP contribution >= 0.6 is 0 Å². The first-order valence-corrected chi connectivity index (χ1v) is 8.45. The van der Waals surface area contributed by atoms with E-state index in [-0.39, 0.29) is 0 Å². The van der Waals surface area contributed by atoms with E-state index in [1.807, 2.05) is 72.3 Å². The molecule has 1 aromatic heterocycles. The topological polar surface area (TPSA) is 39.1 Å². The fourth-order valence-electron chi connectivity index (χ4n) is 3.39. The Balaban J connectivity index is 1.97. The van der Waals surface area contributed by atoms with Gasteiger partial charge in [-0.1, -0.05) is 78.9 Å². The molecule has 0 amide bonds. The van der Waals surface area contributed by atoms with Gasteiger partial charge in [-0.15, -0.1) is 0 Å². The molecule has 0 aliphatic rings. The van der Waals surface area contributed by atoms with Gasteiger partial charge < -0.3 is 4.57 Å². The summed E-state index contributed by atoms with van der Waals surface area (Å²) >= 11 is 0. The van der Waals surface area contributed by atoms with Crippen LogP contribution in [0.1, 0.15) is 20.7 Å². The van der Waals surface area contributed by atoms with Gasteiger partial charge in [0, 0.05) is 23.5 Å². The first-order chi connectivity index (χ1) is 12.7. The van der Waals surface area contributed by atoms with Crippen LogP contribution in [0.2, 0.25) is 0 Å². The fourth-order valence-corrected chi connectivity index (χ4v) is 3.39. The third kappa shape index (κ3) is 2.54. The summed E-state index contributed by atoms with van der Waals surface area (Å²) in [5.74, 6) is -0.967. The zero-order chi connectivity index (χ0) is 18.1.